The van der Waals surface area contributed by atoms with E-state index in [0.717, 1.165) is 31.2 Å². The summed E-state index contributed by atoms with van der Waals surface area (Å²) in [7, 11) is 0. The van der Waals surface area contributed by atoms with Crippen LogP contribution in [0.2, 0.25) is 0 Å². The normalized spacial score (nSPS) is 18.4. The van der Waals surface area contributed by atoms with Crippen LogP contribution in [0.25, 0.3) is 0 Å². The molecule has 0 bridgehead atoms. The van der Waals surface area contributed by atoms with Crippen molar-refractivity contribution in [2.45, 2.75) is 63.9 Å². The number of nitrogens with one attached hydrogen (secondary N) is 1. The lowest BCUT2D eigenvalue weighted by Gasteiger charge is -2.21. The quantitative estimate of drug-likeness (QED) is 0.752. The average molecular weight is 351 g/mol. The molecule has 0 unspecified atom stereocenters. The highest BCUT2D eigenvalue weighted by molar-refractivity contribution is 7.15. The lowest BCUT2D eigenvalue weighted by molar-refractivity contribution is -0.123. The van der Waals surface area contributed by atoms with Crippen molar-refractivity contribution in [1.82, 2.24) is 0 Å². The third kappa shape index (κ3) is 4.36. The molecule has 0 radical (unpaired) electrons. The first-order valence-corrected chi connectivity index (χ1v) is 9.77. The summed E-state index contributed by atoms with van der Waals surface area (Å²) in [4.78, 5) is 24.5. The van der Waals surface area contributed by atoms with Gasteiger partial charge < -0.3 is 14.8 Å². The van der Waals surface area contributed by atoms with E-state index in [1.54, 1.807) is 6.92 Å². The highest BCUT2D eigenvalue weighted by Gasteiger charge is 2.32. The number of carbonyl (C=O) groups excluding carboxylic acids is 2. The number of esters is 1. The molecule has 132 valence electrons. The molecule has 24 heavy (non-hydrogen) atoms. The van der Waals surface area contributed by atoms with Gasteiger partial charge in [-0.3, -0.25) is 4.79 Å². The Bertz CT molecular complexity index is 588. The molecule has 0 atom stereocenters. The maximum absolute atomic E-state index is 12.3. The molecule has 2 fully saturated rings. The van der Waals surface area contributed by atoms with Gasteiger partial charge in [0, 0.05) is 0 Å². The molecule has 5 nitrogen and oxygen atoms in total. The van der Waals surface area contributed by atoms with Crippen molar-refractivity contribution in [3.63, 3.8) is 0 Å². The van der Waals surface area contributed by atoms with E-state index in [0.29, 0.717) is 23.1 Å². The van der Waals surface area contributed by atoms with Crippen LogP contribution in [0, 0.1) is 0 Å². The largest absolute Gasteiger partial charge is 0.462 e. The summed E-state index contributed by atoms with van der Waals surface area (Å²) >= 11 is 1.40. The zero-order chi connectivity index (χ0) is 16.9. The first kappa shape index (κ1) is 17.4. The van der Waals surface area contributed by atoms with Crippen LogP contribution in [0.15, 0.2) is 5.38 Å². The number of amides is 1. The van der Waals surface area contributed by atoms with Gasteiger partial charge in [-0.2, -0.15) is 0 Å². The van der Waals surface area contributed by atoms with E-state index in [1.807, 2.05) is 5.38 Å². The lowest BCUT2D eigenvalue weighted by Crippen LogP contribution is -2.25. The number of carbonyl (C=O) groups is 2. The van der Waals surface area contributed by atoms with Gasteiger partial charge in [-0.1, -0.05) is 19.3 Å². The van der Waals surface area contributed by atoms with Crippen molar-refractivity contribution in [1.29, 1.82) is 0 Å². The van der Waals surface area contributed by atoms with Crippen LogP contribution in [-0.2, 0) is 14.3 Å². The fourth-order valence-corrected chi connectivity index (χ4v) is 4.21. The monoisotopic (exact) mass is 351 g/mol. The van der Waals surface area contributed by atoms with Crippen LogP contribution >= 0.6 is 11.3 Å². The van der Waals surface area contributed by atoms with Gasteiger partial charge in [-0.25, -0.2) is 4.79 Å². The number of thiophene rings is 1. The van der Waals surface area contributed by atoms with Crippen molar-refractivity contribution in [2.75, 3.05) is 18.5 Å². The highest BCUT2D eigenvalue weighted by Crippen LogP contribution is 2.46. The second-order valence-corrected chi connectivity index (χ2v) is 7.39. The van der Waals surface area contributed by atoms with Crippen molar-refractivity contribution in [3.05, 3.63) is 16.5 Å². The molecular formula is C18H25NO4S. The lowest BCUT2D eigenvalue weighted by atomic mass is 9.98. The molecule has 1 aromatic heterocycles. The molecule has 1 aromatic rings. The molecule has 2 aliphatic carbocycles. The molecule has 2 saturated carbocycles. The predicted molar refractivity (Wildman–Crippen MR) is 93.7 cm³/mol. The Morgan fingerprint density at radius 1 is 1.21 bits per heavy atom. The molecule has 0 saturated heterocycles. The van der Waals surface area contributed by atoms with Gasteiger partial charge in [-0.15, -0.1) is 11.3 Å². The van der Waals surface area contributed by atoms with Gasteiger partial charge >= 0.3 is 5.97 Å². The Morgan fingerprint density at radius 2 is 1.96 bits per heavy atom. The Labute approximate surface area is 146 Å². The van der Waals surface area contributed by atoms with Crippen LogP contribution in [0.1, 0.15) is 73.7 Å². The molecule has 0 spiro atoms. The molecule has 3 rings (SSSR count). The molecule has 2 aliphatic rings. The molecular weight excluding hydrogens is 326 g/mol. The highest BCUT2D eigenvalue weighted by atomic mass is 32.1. The van der Waals surface area contributed by atoms with E-state index in [9.17, 15) is 9.59 Å². The maximum atomic E-state index is 12.3. The third-order valence-electron chi connectivity index (χ3n) is 4.57. The van der Waals surface area contributed by atoms with Crippen molar-refractivity contribution < 1.29 is 19.1 Å². The fraction of sp³-hybridized carbons (Fsp3) is 0.667. The minimum absolute atomic E-state index is 0.0452. The zero-order valence-electron chi connectivity index (χ0n) is 14.1. The summed E-state index contributed by atoms with van der Waals surface area (Å²) in [6.45, 7) is 2.16. The molecule has 0 aromatic carbocycles. The van der Waals surface area contributed by atoms with Crippen LogP contribution in [0.4, 0.5) is 5.00 Å². The molecule has 0 aliphatic heterocycles. The molecule has 6 heteroatoms. The van der Waals surface area contributed by atoms with Gasteiger partial charge in [0.25, 0.3) is 5.91 Å². The topological polar surface area (TPSA) is 64.6 Å². The van der Waals surface area contributed by atoms with Crippen LogP contribution in [0.5, 0.6) is 0 Å². The fourth-order valence-electron chi connectivity index (χ4n) is 3.16. The smallest absolute Gasteiger partial charge is 0.341 e. The van der Waals surface area contributed by atoms with Gasteiger partial charge in [-0.05, 0) is 49.5 Å². The summed E-state index contributed by atoms with van der Waals surface area (Å²) in [5, 5.41) is 5.41. The number of hydrogen-bond donors (Lipinski definition) is 1. The summed E-state index contributed by atoms with van der Waals surface area (Å²) in [5.41, 5.74) is 1.55. The first-order valence-electron chi connectivity index (χ1n) is 8.89. The summed E-state index contributed by atoms with van der Waals surface area (Å²) in [5.74, 6) is -0.107. The van der Waals surface area contributed by atoms with Crippen molar-refractivity contribution in [2.24, 2.45) is 0 Å². The Balaban J connectivity index is 1.61. The minimum atomic E-state index is -0.343. The van der Waals surface area contributed by atoms with E-state index in [2.05, 4.69) is 5.32 Å². The zero-order valence-corrected chi connectivity index (χ0v) is 15.0. The van der Waals surface area contributed by atoms with Gasteiger partial charge in [0.1, 0.15) is 11.6 Å². The summed E-state index contributed by atoms with van der Waals surface area (Å²) in [6, 6.07) is 0. The van der Waals surface area contributed by atoms with E-state index >= 15 is 0 Å². The van der Waals surface area contributed by atoms with Gasteiger partial charge in [0.15, 0.2) is 0 Å². The second kappa shape index (κ2) is 8.12. The standard InChI is InChI=1S/C18H25NO4S/c1-2-22-18(21)16-14(12-8-9-12)11-24-17(16)19-15(20)10-23-13-6-4-3-5-7-13/h11-13H,2-10H2,1H3,(H,19,20). The number of anilines is 1. The summed E-state index contributed by atoms with van der Waals surface area (Å²) < 4.78 is 10.9. The van der Waals surface area contributed by atoms with Crippen molar-refractivity contribution in [3.8, 4) is 0 Å². The van der Waals surface area contributed by atoms with E-state index in [-0.39, 0.29) is 24.6 Å². The maximum Gasteiger partial charge on any atom is 0.341 e. The third-order valence-corrected chi connectivity index (χ3v) is 5.49. The number of ether oxygens (including phenoxy) is 2. The van der Waals surface area contributed by atoms with Crippen molar-refractivity contribution >= 4 is 28.2 Å². The van der Waals surface area contributed by atoms with E-state index < -0.39 is 0 Å². The molecule has 1 amide bonds. The van der Waals surface area contributed by atoms with Crippen LogP contribution in [-0.4, -0.2) is 31.2 Å². The SMILES string of the molecule is CCOC(=O)c1c(C2CC2)csc1NC(=O)COC1CCCCC1. The Kier molecular flexibility index (Phi) is 5.89. The Morgan fingerprint density at radius 3 is 2.62 bits per heavy atom. The molecule has 1 N–H and O–H groups in total. The first-order chi connectivity index (χ1) is 11.7. The minimum Gasteiger partial charge on any atom is -0.462 e. The van der Waals surface area contributed by atoms with Gasteiger partial charge in [0.2, 0.25) is 0 Å². The number of rotatable bonds is 7. The van der Waals surface area contributed by atoms with Gasteiger partial charge in [0.05, 0.1) is 18.3 Å². The average Bonchev–Trinajstić information content (AvgIpc) is 3.35. The summed E-state index contributed by atoms with van der Waals surface area (Å²) in [6.07, 6.45) is 8.07. The predicted octanol–water partition coefficient (Wildman–Crippen LogP) is 4.09. The number of hydrogen-bond acceptors (Lipinski definition) is 5. The Hall–Kier alpha value is -1.40. The van der Waals surface area contributed by atoms with Crippen LogP contribution < -0.4 is 5.32 Å². The van der Waals surface area contributed by atoms with E-state index in [4.69, 9.17) is 9.47 Å². The van der Waals surface area contributed by atoms with Crippen LogP contribution in [0.3, 0.4) is 0 Å². The second-order valence-electron chi connectivity index (χ2n) is 6.51. The molecule has 1 heterocycles. The van der Waals surface area contributed by atoms with E-state index in [1.165, 1.54) is 30.6 Å².